The number of amides is 1. The second-order valence-corrected chi connectivity index (χ2v) is 4.98. The molecule has 1 aromatic carbocycles. The maximum absolute atomic E-state index is 12.1. The number of nitrogens with zero attached hydrogens (tertiary/aromatic N) is 1. The van der Waals surface area contributed by atoms with Gasteiger partial charge in [-0.25, -0.2) is 0 Å². The van der Waals surface area contributed by atoms with Gasteiger partial charge in [-0.1, -0.05) is 45.2 Å². The van der Waals surface area contributed by atoms with Gasteiger partial charge in [-0.05, 0) is 19.1 Å². The van der Waals surface area contributed by atoms with E-state index in [0.717, 1.165) is 0 Å². The van der Waals surface area contributed by atoms with Gasteiger partial charge in [-0.15, -0.1) is 0 Å². The first-order chi connectivity index (χ1) is 7.49. The predicted molar refractivity (Wildman–Crippen MR) is 71.8 cm³/mol. The fraction of sp³-hybridized carbons (Fsp3) is 0.364. The molecular weight excluding hydrogens is 313 g/mol. The smallest absolute Gasteiger partial charge is 0.256 e. The summed E-state index contributed by atoms with van der Waals surface area (Å²) < 4.78 is 0. The predicted octanol–water partition coefficient (Wildman–Crippen LogP) is 3.85. The summed E-state index contributed by atoms with van der Waals surface area (Å²) in [5, 5.41) is 1.47. The lowest BCUT2D eigenvalue weighted by molar-refractivity contribution is 0.0758. The van der Waals surface area contributed by atoms with Crippen molar-refractivity contribution in [1.29, 1.82) is 0 Å². The van der Waals surface area contributed by atoms with E-state index in [9.17, 15) is 4.79 Å². The maximum atomic E-state index is 12.1. The highest BCUT2D eigenvalue weighted by molar-refractivity contribution is 9.09. The van der Waals surface area contributed by atoms with Crippen molar-refractivity contribution in [3.8, 4) is 0 Å². The van der Waals surface area contributed by atoms with Gasteiger partial charge in [0.25, 0.3) is 5.91 Å². The van der Waals surface area contributed by atoms with Crippen molar-refractivity contribution >= 4 is 45.0 Å². The van der Waals surface area contributed by atoms with Crippen LogP contribution in [0, 0.1) is 0 Å². The standard InChI is InChI=1S/C11H12BrCl2NO/c1-7(6-12)15(2)11(16)10-8(13)4-3-5-9(10)14/h3-5,7H,6H2,1-2H3. The summed E-state index contributed by atoms with van der Waals surface area (Å²) in [5.74, 6) is -0.164. The zero-order valence-corrected chi connectivity index (χ0v) is 12.1. The molecule has 1 rings (SSSR count). The van der Waals surface area contributed by atoms with E-state index in [1.807, 2.05) is 6.92 Å². The topological polar surface area (TPSA) is 20.3 Å². The second-order valence-electron chi connectivity index (χ2n) is 3.52. The van der Waals surface area contributed by atoms with Gasteiger partial charge in [0.2, 0.25) is 0 Å². The molecule has 2 nitrogen and oxygen atoms in total. The lowest BCUT2D eigenvalue weighted by Gasteiger charge is -2.24. The van der Waals surface area contributed by atoms with Crippen molar-refractivity contribution < 1.29 is 4.79 Å². The van der Waals surface area contributed by atoms with Crippen LogP contribution in [-0.4, -0.2) is 29.2 Å². The molecule has 1 amide bonds. The number of rotatable bonds is 3. The van der Waals surface area contributed by atoms with E-state index in [-0.39, 0.29) is 11.9 Å². The summed E-state index contributed by atoms with van der Waals surface area (Å²) in [6.07, 6.45) is 0. The number of hydrogen-bond acceptors (Lipinski definition) is 1. The highest BCUT2D eigenvalue weighted by Gasteiger charge is 2.21. The van der Waals surface area contributed by atoms with Gasteiger partial charge in [0.05, 0.1) is 15.6 Å². The number of carbonyl (C=O) groups is 1. The van der Waals surface area contributed by atoms with Crippen molar-refractivity contribution in [2.24, 2.45) is 0 Å². The Morgan fingerprint density at radius 2 is 1.94 bits per heavy atom. The van der Waals surface area contributed by atoms with Crippen molar-refractivity contribution in [3.63, 3.8) is 0 Å². The van der Waals surface area contributed by atoms with E-state index in [1.165, 1.54) is 0 Å². The Morgan fingerprint density at radius 1 is 1.44 bits per heavy atom. The Hall–Kier alpha value is -0.250. The van der Waals surface area contributed by atoms with Crippen molar-refractivity contribution in [2.45, 2.75) is 13.0 Å². The third kappa shape index (κ3) is 2.90. The van der Waals surface area contributed by atoms with Gasteiger partial charge < -0.3 is 4.90 Å². The maximum Gasteiger partial charge on any atom is 0.256 e. The molecule has 16 heavy (non-hydrogen) atoms. The molecule has 0 aliphatic heterocycles. The molecule has 0 saturated carbocycles. The third-order valence-electron chi connectivity index (χ3n) is 2.38. The fourth-order valence-corrected chi connectivity index (χ4v) is 2.18. The zero-order chi connectivity index (χ0) is 12.3. The van der Waals surface area contributed by atoms with Crippen LogP contribution in [0.15, 0.2) is 18.2 Å². The average molecular weight is 325 g/mol. The number of halogens is 3. The average Bonchev–Trinajstić information content (AvgIpc) is 2.26. The number of carbonyl (C=O) groups excluding carboxylic acids is 1. The second kappa shape index (κ2) is 5.89. The summed E-state index contributed by atoms with van der Waals surface area (Å²) >= 11 is 15.3. The molecule has 0 aliphatic rings. The molecule has 88 valence electrons. The van der Waals surface area contributed by atoms with Crippen LogP contribution < -0.4 is 0 Å². The molecule has 0 fully saturated rings. The Balaban J connectivity index is 3.05. The minimum Gasteiger partial charge on any atom is -0.338 e. The first-order valence-corrected chi connectivity index (χ1v) is 6.64. The molecule has 0 aromatic heterocycles. The summed E-state index contributed by atoms with van der Waals surface area (Å²) in [6.45, 7) is 1.94. The normalized spacial score (nSPS) is 12.3. The molecule has 0 spiro atoms. The summed E-state index contributed by atoms with van der Waals surface area (Å²) in [6, 6.07) is 5.12. The molecule has 0 heterocycles. The molecule has 5 heteroatoms. The molecule has 1 unspecified atom stereocenters. The van der Waals surface area contributed by atoms with E-state index >= 15 is 0 Å². The summed E-state index contributed by atoms with van der Waals surface area (Å²) in [5.41, 5.74) is 0.362. The monoisotopic (exact) mass is 323 g/mol. The largest absolute Gasteiger partial charge is 0.338 e. The van der Waals surface area contributed by atoms with E-state index in [0.29, 0.717) is 20.9 Å². The van der Waals surface area contributed by atoms with Crippen LogP contribution in [0.1, 0.15) is 17.3 Å². The number of benzene rings is 1. The van der Waals surface area contributed by atoms with Gasteiger partial charge >= 0.3 is 0 Å². The van der Waals surface area contributed by atoms with Crippen LogP contribution in [0.2, 0.25) is 10.0 Å². The van der Waals surface area contributed by atoms with E-state index in [1.54, 1.807) is 30.1 Å². The lowest BCUT2D eigenvalue weighted by atomic mass is 10.2. The Labute approximate surface area is 114 Å². The van der Waals surface area contributed by atoms with Crippen molar-refractivity contribution in [2.75, 3.05) is 12.4 Å². The van der Waals surface area contributed by atoms with Crippen LogP contribution in [-0.2, 0) is 0 Å². The minimum absolute atomic E-state index is 0.0832. The van der Waals surface area contributed by atoms with Crippen LogP contribution in [0.3, 0.4) is 0 Å². The van der Waals surface area contributed by atoms with Crippen molar-refractivity contribution in [3.05, 3.63) is 33.8 Å². The van der Waals surface area contributed by atoms with Gasteiger partial charge in [-0.3, -0.25) is 4.79 Å². The SMILES string of the molecule is CC(CBr)N(C)C(=O)c1c(Cl)cccc1Cl. The molecule has 0 N–H and O–H groups in total. The van der Waals surface area contributed by atoms with Gasteiger partial charge in [0, 0.05) is 18.4 Å². The number of hydrogen-bond donors (Lipinski definition) is 0. The zero-order valence-electron chi connectivity index (χ0n) is 9.01. The number of alkyl halides is 1. The van der Waals surface area contributed by atoms with E-state index < -0.39 is 0 Å². The summed E-state index contributed by atoms with van der Waals surface area (Å²) in [4.78, 5) is 13.7. The highest BCUT2D eigenvalue weighted by Crippen LogP contribution is 2.25. The Bertz CT molecular complexity index is 377. The summed E-state index contributed by atoms with van der Waals surface area (Å²) in [7, 11) is 1.73. The van der Waals surface area contributed by atoms with Gasteiger partial charge in [0.1, 0.15) is 0 Å². The quantitative estimate of drug-likeness (QED) is 0.773. The Kier molecular flexibility index (Phi) is 5.09. The van der Waals surface area contributed by atoms with Crippen LogP contribution in [0.25, 0.3) is 0 Å². The molecule has 0 aliphatic carbocycles. The van der Waals surface area contributed by atoms with Crippen LogP contribution in [0.4, 0.5) is 0 Å². The minimum atomic E-state index is -0.164. The lowest BCUT2D eigenvalue weighted by Crippen LogP contribution is -2.36. The van der Waals surface area contributed by atoms with Crippen molar-refractivity contribution in [1.82, 2.24) is 4.90 Å². The van der Waals surface area contributed by atoms with E-state index in [2.05, 4.69) is 15.9 Å². The first kappa shape index (κ1) is 13.8. The Morgan fingerprint density at radius 3 is 2.38 bits per heavy atom. The van der Waals surface area contributed by atoms with Crippen LogP contribution >= 0.6 is 39.1 Å². The third-order valence-corrected chi connectivity index (χ3v) is 3.95. The molecule has 0 saturated heterocycles. The fourth-order valence-electron chi connectivity index (χ4n) is 1.18. The van der Waals surface area contributed by atoms with Gasteiger partial charge in [-0.2, -0.15) is 0 Å². The van der Waals surface area contributed by atoms with Gasteiger partial charge in [0.15, 0.2) is 0 Å². The van der Waals surface area contributed by atoms with E-state index in [4.69, 9.17) is 23.2 Å². The molecule has 1 atom stereocenters. The molecular formula is C11H12BrCl2NO. The molecule has 0 radical (unpaired) electrons. The molecule has 1 aromatic rings. The molecule has 0 bridgehead atoms. The first-order valence-electron chi connectivity index (χ1n) is 4.76. The highest BCUT2D eigenvalue weighted by atomic mass is 79.9. The van der Waals surface area contributed by atoms with Crippen LogP contribution in [0.5, 0.6) is 0 Å².